The fourth-order valence-electron chi connectivity index (χ4n) is 2.72. The molecular formula is C15H21F2NO2. The largest absolute Gasteiger partial charge is 0.493 e. The van der Waals surface area contributed by atoms with Gasteiger partial charge >= 0.3 is 0 Å². The number of ether oxygens (including phenoxy) is 2. The molecule has 5 heteroatoms. The number of nitrogens with one attached hydrogen (secondary N) is 1. The normalized spacial score (nSPS) is 19.1. The summed E-state index contributed by atoms with van der Waals surface area (Å²) in [7, 11) is 2.85. The van der Waals surface area contributed by atoms with Crippen LogP contribution in [0.4, 0.5) is 8.78 Å². The summed E-state index contributed by atoms with van der Waals surface area (Å²) in [6.45, 7) is 1.000. The summed E-state index contributed by atoms with van der Waals surface area (Å²) in [5.41, 5.74) is 0.759. The molecule has 0 aromatic heterocycles. The second-order valence-corrected chi connectivity index (χ2v) is 5.07. The first kappa shape index (κ1) is 15.0. The minimum Gasteiger partial charge on any atom is -0.493 e. The van der Waals surface area contributed by atoms with Gasteiger partial charge in [0.25, 0.3) is 6.43 Å². The van der Waals surface area contributed by atoms with Crippen LogP contribution in [0.15, 0.2) is 12.1 Å². The van der Waals surface area contributed by atoms with Crippen molar-refractivity contribution in [2.24, 2.45) is 0 Å². The van der Waals surface area contributed by atoms with Gasteiger partial charge in [0, 0.05) is 6.04 Å². The zero-order valence-corrected chi connectivity index (χ0v) is 11.9. The van der Waals surface area contributed by atoms with E-state index in [2.05, 4.69) is 5.32 Å². The topological polar surface area (TPSA) is 30.5 Å². The number of benzene rings is 1. The Morgan fingerprint density at radius 2 is 2.05 bits per heavy atom. The molecule has 2 rings (SSSR count). The van der Waals surface area contributed by atoms with E-state index in [0.29, 0.717) is 11.8 Å². The van der Waals surface area contributed by atoms with Crippen LogP contribution in [0.3, 0.4) is 0 Å². The first-order chi connectivity index (χ1) is 9.65. The van der Waals surface area contributed by atoms with Crippen LogP contribution in [0, 0.1) is 0 Å². The number of hydrogen-bond acceptors (Lipinski definition) is 3. The first-order valence-corrected chi connectivity index (χ1v) is 6.92. The quantitative estimate of drug-likeness (QED) is 0.900. The second-order valence-electron chi connectivity index (χ2n) is 5.07. The smallest absolute Gasteiger partial charge is 0.267 e. The number of piperidine rings is 1. The monoisotopic (exact) mass is 285 g/mol. The highest BCUT2D eigenvalue weighted by atomic mass is 19.3. The minimum absolute atomic E-state index is 0.0994. The van der Waals surface area contributed by atoms with Crippen LogP contribution in [0.5, 0.6) is 11.5 Å². The summed E-state index contributed by atoms with van der Waals surface area (Å²) in [6, 6.07) is 3.68. The van der Waals surface area contributed by atoms with E-state index in [9.17, 15) is 8.78 Å². The van der Waals surface area contributed by atoms with Crippen LogP contribution in [-0.2, 0) is 6.42 Å². The molecule has 1 saturated heterocycles. The van der Waals surface area contributed by atoms with Gasteiger partial charge in [0.05, 0.1) is 19.8 Å². The van der Waals surface area contributed by atoms with Gasteiger partial charge in [-0.25, -0.2) is 8.78 Å². The average molecular weight is 285 g/mol. The minimum atomic E-state index is -2.57. The Hall–Kier alpha value is -1.36. The van der Waals surface area contributed by atoms with Crippen molar-refractivity contribution in [2.75, 3.05) is 20.8 Å². The van der Waals surface area contributed by atoms with Crippen LogP contribution in [-0.4, -0.2) is 26.8 Å². The standard InChI is InChI=1S/C15H21F2NO2/c1-19-13-9-10(7-11-5-3-4-6-18-11)8-12(15(16)17)14(13)20-2/h8-9,11,15,18H,3-7H2,1-2H3. The Labute approximate surface area is 118 Å². The third kappa shape index (κ3) is 3.39. The SMILES string of the molecule is COc1cc(CC2CCCCN2)cc(C(F)F)c1OC. The van der Waals surface area contributed by atoms with Crippen LogP contribution in [0.2, 0.25) is 0 Å². The van der Waals surface area contributed by atoms with Crippen molar-refractivity contribution in [3.63, 3.8) is 0 Å². The Bertz CT molecular complexity index is 446. The lowest BCUT2D eigenvalue weighted by Gasteiger charge is -2.24. The molecule has 1 aromatic rings. The zero-order valence-electron chi connectivity index (χ0n) is 11.9. The first-order valence-electron chi connectivity index (χ1n) is 6.92. The van der Waals surface area contributed by atoms with Crippen molar-refractivity contribution < 1.29 is 18.3 Å². The van der Waals surface area contributed by atoms with Crippen LogP contribution in [0.1, 0.15) is 36.8 Å². The van der Waals surface area contributed by atoms with Gasteiger partial charge in [-0.1, -0.05) is 6.42 Å². The molecule has 1 heterocycles. The summed E-state index contributed by atoms with van der Waals surface area (Å²) < 4.78 is 36.5. The van der Waals surface area contributed by atoms with Crippen molar-refractivity contribution in [3.8, 4) is 11.5 Å². The van der Waals surface area contributed by atoms with Gasteiger partial charge in [0.2, 0.25) is 0 Å². The van der Waals surface area contributed by atoms with E-state index in [4.69, 9.17) is 9.47 Å². The second kappa shape index (κ2) is 6.88. The Morgan fingerprint density at radius 1 is 1.25 bits per heavy atom. The highest BCUT2D eigenvalue weighted by Gasteiger charge is 2.21. The molecule has 1 N–H and O–H groups in total. The summed E-state index contributed by atoms with van der Waals surface area (Å²) in [5.74, 6) is 0.499. The fraction of sp³-hybridized carbons (Fsp3) is 0.600. The molecule has 1 aliphatic rings. The van der Waals surface area contributed by atoms with E-state index in [1.165, 1.54) is 33.1 Å². The molecule has 0 amide bonds. The van der Waals surface area contributed by atoms with Crippen molar-refractivity contribution in [1.29, 1.82) is 0 Å². The lowest BCUT2D eigenvalue weighted by atomic mass is 9.96. The maximum absolute atomic E-state index is 13.1. The lowest BCUT2D eigenvalue weighted by molar-refractivity contribution is 0.146. The maximum atomic E-state index is 13.1. The molecule has 0 aliphatic carbocycles. The molecule has 20 heavy (non-hydrogen) atoms. The molecule has 1 aromatic carbocycles. The van der Waals surface area contributed by atoms with Crippen LogP contribution < -0.4 is 14.8 Å². The predicted octanol–water partition coefficient (Wildman–Crippen LogP) is 3.33. The summed E-state index contributed by atoms with van der Waals surface area (Å²) in [4.78, 5) is 0. The van der Waals surface area contributed by atoms with Crippen LogP contribution >= 0.6 is 0 Å². The van der Waals surface area contributed by atoms with Gasteiger partial charge in [0.15, 0.2) is 11.5 Å². The fourth-order valence-corrected chi connectivity index (χ4v) is 2.72. The average Bonchev–Trinajstić information content (AvgIpc) is 2.47. The predicted molar refractivity (Wildman–Crippen MR) is 73.8 cm³/mol. The Morgan fingerprint density at radius 3 is 2.60 bits per heavy atom. The lowest BCUT2D eigenvalue weighted by Crippen LogP contribution is -2.35. The van der Waals surface area contributed by atoms with E-state index < -0.39 is 6.43 Å². The van der Waals surface area contributed by atoms with E-state index in [1.54, 1.807) is 6.07 Å². The molecule has 0 radical (unpaired) electrons. The molecule has 112 valence electrons. The van der Waals surface area contributed by atoms with Crippen LogP contribution in [0.25, 0.3) is 0 Å². The molecular weight excluding hydrogens is 264 g/mol. The van der Waals surface area contributed by atoms with E-state index in [0.717, 1.165) is 24.9 Å². The number of methoxy groups -OCH3 is 2. The number of alkyl halides is 2. The molecule has 1 fully saturated rings. The molecule has 0 bridgehead atoms. The summed E-state index contributed by atoms with van der Waals surface area (Å²) >= 11 is 0. The highest BCUT2D eigenvalue weighted by Crippen LogP contribution is 2.38. The van der Waals surface area contributed by atoms with Gasteiger partial charge < -0.3 is 14.8 Å². The molecule has 0 saturated carbocycles. The third-order valence-electron chi connectivity index (χ3n) is 3.70. The summed E-state index contributed by atoms with van der Waals surface area (Å²) in [5, 5.41) is 3.42. The third-order valence-corrected chi connectivity index (χ3v) is 3.70. The Balaban J connectivity index is 2.26. The molecule has 1 aliphatic heterocycles. The van der Waals surface area contributed by atoms with Crippen molar-refractivity contribution >= 4 is 0 Å². The maximum Gasteiger partial charge on any atom is 0.267 e. The van der Waals surface area contributed by atoms with Gasteiger partial charge in [-0.2, -0.15) is 0 Å². The Kier molecular flexibility index (Phi) is 5.17. The molecule has 3 nitrogen and oxygen atoms in total. The van der Waals surface area contributed by atoms with Gasteiger partial charge in [-0.15, -0.1) is 0 Å². The van der Waals surface area contributed by atoms with E-state index in [-0.39, 0.29) is 11.3 Å². The van der Waals surface area contributed by atoms with Gasteiger partial charge in [-0.3, -0.25) is 0 Å². The zero-order chi connectivity index (χ0) is 14.5. The van der Waals surface area contributed by atoms with E-state index in [1.807, 2.05) is 0 Å². The molecule has 0 spiro atoms. The number of hydrogen-bond donors (Lipinski definition) is 1. The number of rotatable bonds is 5. The van der Waals surface area contributed by atoms with Gasteiger partial charge in [-0.05, 0) is 43.5 Å². The summed E-state index contributed by atoms with van der Waals surface area (Å²) in [6.07, 6.45) is 1.62. The van der Waals surface area contributed by atoms with Crippen molar-refractivity contribution in [3.05, 3.63) is 23.3 Å². The number of halogens is 2. The van der Waals surface area contributed by atoms with Crippen molar-refractivity contribution in [2.45, 2.75) is 38.2 Å². The molecule has 1 unspecified atom stereocenters. The van der Waals surface area contributed by atoms with E-state index >= 15 is 0 Å². The van der Waals surface area contributed by atoms with Crippen molar-refractivity contribution in [1.82, 2.24) is 5.32 Å². The van der Waals surface area contributed by atoms with Gasteiger partial charge in [0.1, 0.15) is 0 Å². The molecule has 1 atom stereocenters. The highest BCUT2D eigenvalue weighted by molar-refractivity contribution is 5.50.